The van der Waals surface area contributed by atoms with Crippen molar-refractivity contribution in [2.45, 2.75) is 0 Å². The molecule has 0 radical (unpaired) electrons. The Morgan fingerprint density at radius 2 is 1.37 bits per heavy atom. The van der Waals surface area contributed by atoms with Crippen molar-refractivity contribution in [2.75, 3.05) is 0 Å². The summed E-state index contributed by atoms with van der Waals surface area (Å²) in [5, 5.41) is 8.43. The molecule has 0 aliphatic rings. The fourth-order valence-electron chi connectivity index (χ4n) is 5.79. The van der Waals surface area contributed by atoms with Crippen molar-refractivity contribution in [1.82, 2.24) is 9.38 Å². The number of pyridine rings is 1. The van der Waals surface area contributed by atoms with Crippen LogP contribution in [0, 0.1) is 0 Å². The van der Waals surface area contributed by atoms with E-state index in [1.165, 1.54) is 36.3 Å². The minimum atomic E-state index is 0.917. The predicted molar refractivity (Wildman–Crippen MR) is 148 cm³/mol. The highest BCUT2D eigenvalue weighted by Gasteiger charge is 2.18. The van der Waals surface area contributed by atoms with Gasteiger partial charge in [-0.3, -0.25) is 4.40 Å². The third kappa shape index (κ3) is 2.23. The van der Waals surface area contributed by atoms with Gasteiger partial charge in [-0.25, -0.2) is 4.98 Å². The van der Waals surface area contributed by atoms with E-state index in [2.05, 4.69) is 89.3 Å². The van der Waals surface area contributed by atoms with Gasteiger partial charge in [-0.05, 0) is 53.9 Å². The Bertz CT molecular complexity index is 2330. The number of fused-ring (bicyclic) bond motifs is 14. The second-order valence-corrected chi connectivity index (χ2v) is 10.3. The molecular formula is C31H16N2OS. The summed E-state index contributed by atoms with van der Waals surface area (Å²) in [5.41, 5.74) is 6.12. The molecule has 0 N–H and O–H groups in total. The van der Waals surface area contributed by atoms with Gasteiger partial charge in [-0.2, -0.15) is 0 Å². The van der Waals surface area contributed by atoms with E-state index in [9.17, 15) is 0 Å². The van der Waals surface area contributed by atoms with E-state index in [4.69, 9.17) is 9.40 Å². The van der Waals surface area contributed by atoms with Crippen molar-refractivity contribution in [3.8, 4) is 0 Å². The SMILES string of the molecule is c1ccc2c(c1)nc1c3cc4c(cc3c3cc5oc6ccccc6c5cc3n21)sc1ccccc14. The first-order valence-corrected chi connectivity index (χ1v) is 12.5. The van der Waals surface area contributed by atoms with E-state index < -0.39 is 0 Å². The molecule has 9 aromatic rings. The van der Waals surface area contributed by atoms with E-state index in [1.807, 2.05) is 23.5 Å². The standard InChI is InChI=1S/C31H16N2OS/c1-5-11-27-17(7-1)21-14-26-20(15-28(21)34-27)19-16-30-22(18-8-2-6-12-29(18)35-30)13-23(19)31-32-24-9-3-4-10-25(24)33(26)31/h1-16H. The summed E-state index contributed by atoms with van der Waals surface area (Å²) in [7, 11) is 0. The van der Waals surface area contributed by atoms with Crippen LogP contribution >= 0.6 is 11.3 Å². The normalized spacial score (nSPS) is 12.6. The molecule has 4 aromatic heterocycles. The lowest BCUT2D eigenvalue weighted by atomic mass is 10.0. The van der Waals surface area contributed by atoms with Gasteiger partial charge in [0.15, 0.2) is 0 Å². The molecule has 5 aromatic carbocycles. The number of thiophene rings is 1. The van der Waals surface area contributed by atoms with Crippen molar-refractivity contribution in [2.24, 2.45) is 0 Å². The number of furan rings is 1. The van der Waals surface area contributed by atoms with Gasteiger partial charge in [-0.1, -0.05) is 48.5 Å². The van der Waals surface area contributed by atoms with Crippen molar-refractivity contribution in [3.63, 3.8) is 0 Å². The zero-order chi connectivity index (χ0) is 22.7. The third-order valence-electron chi connectivity index (χ3n) is 7.34. The summed E-state index contributed by atoms with van der Waals surface area (Å²) in [6.45, 7) is 0. The fourth-order valence-corrected chi connectivity index (χ4v) is 6.92. The van der Waals surface area contributed by atoms with Crippen LogP contribution in [0.15, 0.2) is 101 Å². The predicted octanol–water partition coefficient (Wildman–Crippen LogP) is 9.06. The molecule has 0 aliphatic carbocycles. The number of imidazole rings is 1. The second-order valence-electron chi connectivity index (χ2n) is 9.22. The summed E-state index contributed by atoms with van der Waals surface area (Å²) in [4.78, 5) is 5.14. The number of rotatable bonds is 0. The number of hydrogen-bond acceptors (Lipinski definition) is 3. The maximum absolute atomic E-state index is 6.30. The van der Waals surface area contributed by atoms with Gasteiger partial charge in [-0.15, -0.1) is 11.3 Å². The largest absolute Gasteiger partial charge is 0.456 e. The Morgan fingerprint density at radius 3 is 2.34 bits per heavy atom. The lowest BCUT2D eigenvalue weighted by Crippen LogP contribution is -1.91. The highest BCUT2D eigenvalue weighted by molar-refractivity contribution is 7.25. The number of hydrogen-bond donors (Lipinski definition) is 0. The van der Waals surface area contributed by atoms with Crippen molar-refractivity contribution >= 4 is 91.8 Å². The quantitative estimate of drug-likeness (QED) is 0.210. The summed E-state index contributed by atoms with van der Waals surface area (Å²) in [6.07, 6.45) is 0. The molecule has 0 amide bonds. The van der Waals surface area contributed by atoms with Crippen LogP contribution in [0.25, 0.3) is 80.5 Å². The molecule has 0 spiro atoms. The molecule has 0 atom stereocenters. The van der Waals surface area contributed by atoms with Gasteiger partial charge < -0.3 is 4.42 Å². The smallest absolute Gasteiger partial charge is 0.146 e. The number of aromatic nitrogens is 2. The molecule has 162 valence electrons. The van der Waals surface area contributed by atoms with Crippen molar-refractivity contribution < 1.29 is 4.42 Å². The molecule has 0 saturated heterocycles. The van der Waals surface area contributed by atoms with Gasteiger partial charge >= 0.3 is 0 Å². The molecule has 0 bridgehead atoms. The van der Waals surface area contributed by atoms with Crippen LogP contribution in [-0.4, -0.2) is 9.38 Å². The Hall–Kier alpha value is -4.41. The molecule has 0 fully saturated rings. The monoisotopic (exact) mass is 464 g/mol. The Morgan fingerprint density at radius 1 is 0.543 bits per heavy atom. The number of para-hydroxylation sites is 3. The molecule has 35 heavy (non-hydrogen) atoms. The first-order valence-electron chi connectivity index (χ1n) is 11.7. The van der Waals surface area contributed by atoms with Crippen LogP contribution in [0.3, 0.4) is 0 Å². The van der Waals surface area contributed by atoms with Gasteiger partial charge in [0.2, 0.25) is 0 Å². The zero-order valence-electron chi connectivity index (χ0n) is 18.4. The first-order chi connectivity index (χ1) is 17.3. The molecule has 4 heterocycles. The average molecular weight is 465 g/mol. The van der Waals surface area contributed by atoms with E-state index in [-0.39, 0.29) is 0 Å². The van der Waals surface area contributed by atoms with E-state index >= 15 is 0 Å². The van der Waals surface area contributed by atoms with Crippen LogP contribution in [0.1, 0.15) is 0 Å². The molecule has 0 saturated carbocycles. The van der Waals surface area contributed by atoms with Crippen LogP contribution in [0.5, 0.6) is 0 Å². The first kappa shape index (κ1) is 18.0. The van der Waals surface area contributed by atoms with E-state index in [0.29, 0.717) is 0 Å². The van der Waals surface area contributed by atoms with Crippen LogP contribution in [0.4, 0.5) is 0 Å². The fraction of sp³-hybridized carbons (Fsp3) is 0. The van der Waals surface area contributed by atoms with Gasteiger partial charge in [0.25, 0.3) is 0 Å². The summed E-state index contributed by atoms with van der Waals surface area (Å²) < 4.78 is 11.2. The third-order valence-corrected chi connectivity index (χ3v) is 8.48. The molecule has 9 rings (SSSR count). The Balaban J connectivity index is 1.60. The van der Waals surface area contributed by atoms with E-state index in [1.54, 1.807) is 0 Å². The highest BCUT2D eigenvalue weighted by atomic mass is 32.1. The number of nitrogens with zero attached hydrogens (tertiary/aromatic N) is 2. The molecule has 0 unspecified atom stereocenters. The van der Waals surface area contributed by atoms with Gasteiger partial charge in [0.1, 0.15) is 16.8 Å². The van der Waals surface area contributed by atoms with Crippen molar-refractivity contribution in [1.29, 1.82) is 0 Å². The Labute approximate surface area is 202 Å². The second kappa shape index (κ2) is 6.17. The lowest BCUT2D eigenvalue weighted by Gasteiger charge is -2.10. The molecule has 3 nitrogen and oxygen atoms in total. The van der Waals surface area contributed by atoms with E-state index in [0.717, 1.165) is 44.1 Å². The van der Waals surface area contributed by atoms with Crippen LogP contribution in [0.2, 0.25) is 0 Å². The summed E-state index contributed by atoms with van der Waals surface area (Å²) >= 11 is 1.85. The summed E-state index contributed by atoms with van der Waals surface area (Å²) in [6, 6.07) is 34.6. The summed E-state index contributed by atoms with van der Waals surface area (Å²) in [5.74, 6) is 0. The maximum Gasteiger partial charge on any atom is 0.146 e. The zero-order valence-corrected chi connectivity index (χ0v) is 19.3. The Kier molecular flexibility index (Phi) is 3.17. The van der Waals surface area contributed by atoms with Crippen molar-refractivity contribution in [3.05, 3.63) is 97.1 Å². The van der Waals surface area contributed by atoms with Crippen LogP contribution in [-0.2, 0) is 0 Å². The average Bonchev–Trinajstić information content (AvgIpc) is 3.57. The molecule has 0 aliphatic heterocycles. The van der Waals surface area contributed by atoms with Crippen LogP contribution < -0.4 is 0 Å². The van der Waals surface area contributed by atoms with Gasteiger partial charge in [0.05, 0.1) is 16.6 Å². The highest BCUT2D eigenvalue weighted by Crippen LogP contribution is 2.42. The minimum absolute atomic E-state index is 0.917. The van der Waals surface area contributed by atoms with Gasteiger partial charge in [0, 0.05) is 41.7 Å². The lowest BCUT2D eigenvalue weighted by molar-refractivity contribution is 0.669. The molecule has 4 heteroatoms. The number of benzene rings is 5. The maximum atomic E-state index is 6.30. The molecular weight excluding hydrogens is 448 g/mol. The topological polar surface area (TPSA) is 30.4 Å². The minimum Gasteiger partial charge on any atom is -0.456 e.